The molecule has 0 radical (unpaired) electrons. The lowest BCUT2D eigenvalue weighted by Gasteiger charge is -2.19. The number of rotatable bonds is 3. The number of carbonyl (C=O) groups is 1. The second kappa shape index (κ2) is 4.09. The maximum absolute atomic E-state index is 11.5. The zero-order chi connectivity index (χ0) is 10.0. The van der Waals surface area contributed by atoms with Crippen molar-refractivity contribution in [1.82, 2.24) is 4.90 Å². The molecule has 0 aromatic heterocycles. The molecule has 1 amide bonds. The first-order valence-electron chi connectivity index (χ1n) is 5.04. The summed E-state index contributed by atoms with van der Waals surface area (Å²) in [6.07, 6.45) is 0.713. The molecule has 1 saturated heterocycles. The van der Waals surface area contributed by atoms with Gasteiger partial charge in [0.1, 0.15) is 0 Å². The summed E-state index contributed by atoms with van der Waals surface area (Å²) in [5.41, 5.74) is 5.66. The van der Waals surface area contributed by atoms with Crippen molar-refractivity contribution in [3.8, 4) is 0 Å². The highest BCUT2D eigenvalue weighted by molar-refractivity contribution is 5.78. The molecule has 2 atom stereocenters. The highest BCUT2D eigenvalue weighted by Crippen LogP contribution is 2.24. The van der Waals surface area contributed by atoms with Crippen molar-refractivity contribution >= 4 is 5.91 Å². The number of carbonyl (C=O) groups excluding carboxylic acids is 1. The van der Waals surface area contributed by atoms with Crippen molar-refractivity contribution < 1.29 is 4.79 Å². The van der Waals surface area contributed by atoms with E-state index >= 15 is 0 Å². The predicted octanol–water partition coefficient (Wildman–Crippen LogP) is 0.838. The molecule has 1 heterocycles. The first-order valence-corrected chi connectivity index (χ1v) is 5.04. The van der Waals surface area contributed by atoms with Gasteiger partial charge in [0, 0.05) is 25.6 Å². The molecule has 1 rings (SSSR count). The topological polar surface area (TPSA) is 46.3 Å². The summed E-state index contributed by atoms with van der Waals surface area (Å²) in [7, 11) is 0. The Morgan fingerprint density at radius 1 is 1.54 bits per heavy atom. The van der Waals surface area contributed by atoms with Crippen LogP contribution < -0.4 is 5.73 Å². The van der Waals surface area contributed by atoms with E-state index in [1.165, 1.54) is 0 Å². The van der Waals surface area contributed by atoms with Crippen molar-refractivity contribution in [3.63, 3.8) is 0 Å². The summed E-state index contributed by atoms with van der Waals surface area (Å²) in [5.74, 6) is 1.41. The molecular weight excluding hydrogens is 164 g/mol. The van der Waals surface area contributed by atoms with Crippen molar-refractivity contribution in [2.24, 2.45) is 17.6 Å². The van der Waals surface area contributed by atoms with Gasteiger partial charge >= 0.3 is 0 Å². The first-order chi connectivity index (χ1) is 6.00. The molecule has 13 heavy (non-hydrogen) atoms. The molecule has 3 heteroatoms. The molecular formula is C10H20N2O. The van der Waals surface area contributed by atoms with E-state index in [1.54, 1.807) is 0 Å². The molecule has 1 unspecified atom stereocenters. The maximum Gasteiger partial charge on any atom is 0.222 e. The van der Waals surface area contributed by atoms with Gasteiger partial charge in [-0.3, -0.25) is 4.79 Å². The van der Waals surface area contributed by atoms with Gasteiger partial charge in [-0.25, -0.2) is 0 Å². The third-order valence-electron chi connectivity index (χ3n) is 2.70. The Balaban J connectivity index is 2.47. The second-order valence-electron chi connectivity index (χ2n) is 4.48. The van der Waals surface area contributed by atoms with Crippen LogP contribution in [0.2, 0.25) is 0 Å². The van der Waals surface area contributed by atoms with E-state index in [0.717, 1.165) is 6.54 Å². The number of amides is 1. The SMILES string of the molecule is CC(C)C1CC(=O)N(C[C@H](C)N)C1. The van der Waals surface area contributed by atoms with Gasteiger partial charge in [-0.15, -0.1) is 0 Å². The third-order valence-corrected chi connectivity index (χ3v) is 2.70. The Morgan fingerprint density at radius 2 is 2.15 bits per heavy atom. The van der Waals surface area contributed by atoms with Crippen LogP contribution in [0.4, 0.5) is 0 Å². The Morgan fingerprint density at radius 3 is 2.54 bits per heavy atom. The summed E-state index contributed by atoms with van der Waals surface area (Å²) >= 11 is 0. The van der Waals surface area contributed by atoms with Gasteiger partial charge in [-0.2, -0.15) is 0 Å². The van der Waals surface area contributed by atoms with Crippen LogP contribution >= 0.6 is 0 Å². The average molecular weight is 184 g/mol. The van der Waals surface area contributed by atoms with E-state index in [1.807, 2.05) is 11.8 Å². The fourth-order valence-electron chi connectivity index (χ4n) is 1.77. The lowest BCUT2D eigenvalue weighted by molar-refractivity contribution is -0.127. The Hall–Kier alpha value is -0.570. The largest absolute Gasteiger partial charge is 0.341 e. The predicted molar refractivity (Wildman–Crippen MR) is 53.2 cm³/mol. The summed E-state index contributed by atoms with van der Waals surface area (Å²) in [6, 6.07) is 0.0925. The van der Waals surface area contributed by atoms with Gasteiger partial charge in [0.05, 0.1) is 0 Å². The van der Waals surface area contributed by atoms with E-state index in [2.05, 4.69) is 13.8 Å². The Kier molecular flexibility index (Phi) is 3.31. The molecule has 76 valence electrons. The number of likely N-dealkylation sites (tertiary alicyclic amines) is 1. The standard InChI is InChI=1S/C10H20N2O/c1-7(2)9-4-10(13)12(6-9)5-8(3)11/h7-9H,4-6,11H2,1-3H3/t8-,9?/m0/s1. The number of nitrogens with zero attached hydrogens (tertiary/aromatic N) is 1. The zero-order valence-corrected chi connectivity index (χ0v) is 8.79. The summed E-state index contributed by atoms with van der Waals surface area (Å²) in [4.78, 5) is 13.4. The van der Waals surface area contributed by atoms with E-state index in [0.29, 0.717) is 24.8 Å². The van der Waals surface area contributed by atoms with Crippen molar-refractivity contribution in [3.05, 3.63) is 0 Å². The molecule has 0 spiro atoms. The summed E-state index contributed by atoms with van der Waals surface area (Å²) in [5, 5.41) is 0. The molecule has 0 saturated carbocycles. The minimum atomic E-state index is 0.0925. The van der Waals surface area contributed by atoms with Crippen molar-refractivity contribution in [2.45, 2.75) is 33.2 Å². The summed E-state index contributed by atoms with van der Waals surface area (Å²) in [6.45, 7) is 7.90. The molecule has 1 fully saturated rings. The minimum Gasteiger partial charge on any atom is -0.341 e. The monoisotopic (exact) mass is 184 g/mol. The third kappa shape index (κ3) is 2.69. The number of nitrogens with two attached hydrogens (primary N) is 1. The van der Waals surface area contributed by atoms with Crippen LogP contribution in [0, 0.1) is 11.8 Å². The van der Waals surface area contributed by atoms with Gasteiger partial charge in [0.15, 0.2) is 0 Å². The van der Waals surface area contributed by atoms with Gasteiger partial charge < -0.3 is 10.6 Å². The fourth-order valence-corrected chi connectivity index (χ4v) is 1.77. The van der Waals surface area contributed by atoms with Crippen LogP contribution in [0.1, 0.15) is 27.2 Å². The van der Waals surface area contributed by atoms with E-state index in [4.69, 9.17) is 5.73 Å². The molecule has 0 aliphatic carbocycles. The lowest BCUT2D eigenvalue weighted by atomic mass is 9.95. The van der Waals surface area contributed by atoms with Crippen LogP contribution in [0.5, 0.6) is 0 Å². The molecule has 3 nitrogen and oxygen atoms in total. The summed E-state index contributed by atoms with van der Waals surface area (Å²) < 4.78 is 0. The van der Waals surface area contributed by atoms with Crippen LogP contribution in [0.15, 0.2) is 0 Å². The molecule has 1 aliphatic heterocycles. The molecule has 2 N–H and O–H groups in total. The van der Waals surface area contributed by atoms with E-state index in [9.17, 15) is 4.79 Å². The van der Waals surface area contributed by atoms with E-state index < -0.39 is 0 Å². The highest BCUT2D eigenvalue weighted by Gasteiger charge is 2.31. The highest BCUT2D eigenvalue weighted by atomic mass is 16.2. The lowest BCUT2D eigenvalue weighted by Crippen LogP contribution is -2.36. The van der Waals surface area contributed by atoms with Gasteiger partial charge in [0.2, 0.25) is 5.91 Å². The number of hydrogen-bond donors (Lipinski definition) is 1. The van der Waals surface area contributed by atoms with Crippen LogP contribution in [0.25, 0.3) is 0 Å². The molecule has 1 aliphatic rings. The maximum atomic E-state index is 11.5. The average Bonchev–Trinajstić information content (AvgIpc) is 2.31. The number of hydrogen-bond acceptors (Lipinski definition) is 2. The smallest absolute Gasteiger partial charge is 0.222 e. The normalized spacial score (nSPS) is 25.8. The Bertz CT molecular complexity index is 189. The van der Waals surface area contributed by atoms with Crippen LogP contribution in [-0.4, -0.2) is 29.9 Å². The second-order valence-corrected chi connectivity index (χ2v) is 4.48. The van der Waals surface area contributed by atoms with Crippen molar-refractivity contribution in [1.29, 1.82) is 0 Å². The van der Waals surface area contributed by atoms with Gasteiger partial charge in [-0.05, 0) is 18.8 Å². The molecule has 0 aromatic rings. The van der Waals surface area contributed by atoms with E-state index in [-0.39, 0.29) is 11.9 Å². The quantitative estimate of drug-likeness (QED) is 0.706. The first kappa shape index (κ1) is 10.5. The van der Waals surface area contributed by atoms with Gasteiger partial charge in [-0.1, -0.05) is 13.8 Å². The molecule has 0 bridgehead atoms. The minimum absolute atomic E-state index is 0.0925. The Labute approximate surface area is 80.3 Å². The van der Waals surface area contributed by atoms with Crippen molar-refractivity contribution in [2.75, 3.05) is 13.1 Å². The molecule has 0 aromatic carbocycles. The van der Waals surface area contributed by atoms with Crippen LogP contribution in [0.3, 0.4) is 0 Å². The fraction of sp³-hybridized carbons (Fsp3) is 0.900. The van der Waals surface area contributed by atoms with Gasteiger partial charge in [0.25, 0.3) is 0 Å². The zero-order valence-electron chi connectivity index (χ0n) is 8.79. The van der Waals surface area contributed by atoms with Crippen LogP contribution in [-0.2, 0) is 4.79 Å².